The van der Waals surface area contributed by atoms with Gasteiger partial charge in [0, 0.05) is 31.7 Å². The molecule has 0 bridgehead atoms. The van der Waals surface area contributed by atoms with E-state index in [1.54, 1.807) is 0 Å². The summed E-state index contributed by atoms with van der Waals surface area (Å²) in [5, 5.41) is 0.577. The maximum absolute atomic E-state index is 6.87. The van der Waals surface area contributed by atoms with Gasteiger partial charge in [0.15, 0.2) is 16.7 Å². The van der Waals surface area contributed by atoms with Crippen molar-refractivity contribution in [3.05, 3.63) is 100 Å². The molecule has 2 heterocycles. The van der Waals surface area contributed by atoms with Gasteiger partial charge in [-0.15, -0.1) is 0 Å². The molecule has 38 heavy (non-hydrogen) atoms. The molecule has 1 aliphatic heterocycles. The van der Waals surface area contributed by atoms with Crippen molar-refractivity contribution in [2.24, 2.45) is 0 Å². The zero-order chi connectivity index (χ0) is 26.3. The van der Waals surface area contributed by atoms with Crippen molar-refractivity contribution in [2.75, 3.05) is 13.2 Å². The summed E-state index contributed by atoms with van der Waals surface area (Å²) in [7, 11) is 0. The number of unbranched alkanes of at least 4 members (excludes halogenated alkanes) is 1. The Morgan fingerprint density at radius 3 is 2.24 bits per heavy atom. The third kappa shape index (κ3) is 6.23. The number of imidazole rings is 1. The van der Waals surface area contributed by atoms with Crippen LogP contribution in [0, 0.1) is 0 Å². The summed E-state index contributed by atoms with van der Waals surface area (Å²) in [6.07, 6.45) is 3.21. The molecule has 0 aliphatic carbocycles. The molecule has 3 aromatic carbocycles. The molecule has 0 spiro atoms. The fourth-order valence-corrected chi connectivity index (χ4v) is 5.18. The fourth-order valence-electron chi connectivity index (χ4n) is 4.93. The second-order valence-corrected chi connectivity index (χ2v) is 10.2. The number of nitrogens with zero attached hydrogens (tertiary/aromatic N) is 3. The predicted molar refractivity (Wildman–Crippen MR) is 154 cm³/mol. The number of hydrogen-bond acceptors (Lipinski definition) is 4. The Labute approximate surface area is 231 Å². The molecule has 0 radical (unpaired) electrons. The molecular formula is C32H36ClN3O2. The second kappa shape index (κ2) is 12.5. The predicted octanol–water partition coefficient (Wildman–Crippen LogP) is 7.54. The van der Waals surface area contributed by atoms with Gasteiger partial charge in [-0.1, -0.05) is 92.5 Å². The lowest BCUT2D eigenvalue weighted by atomic mass is 10.1. The standard InChI is InChI=1S/C32H36ClN3O2/c1-3-5-17-36-28(31(33)34-32(36)27-9-7-6-8-10-27)23-35(21-25-13-11-24(4-2)12-14-25)22-26-15-16-29-30(20-26)38-19-18-37-29/h6-16,20H,3-5,17-19,21-23H2,1-2H3. The van der Waals surface area contributed by atoms with Crippen molar-refractivity contribution in [1.29, 1.82) is 0 Å². The summed E-state index contributed by atoms with van der Waals surface area (Å²) in [5.74, 6) is 2.57. The van der Waals surface area contributed by atoms with Crippen LogP contribution in [0.25, 0.3) is 11.4 Å². The molecule has 0 N–H and O–H groups in total. The van der Waals surface area contributed by atoms with Gasteiger partial charge in [-0.05, 0) is 41.7 Å². The monoisotopic (exact) mass is 529 g/mol. The maximum atomic E-state index is 6.87. The zero-order valence-electron chi connectivity index (χ0n) is 22.3. The first kappa shape index (κ1) is 26.3. The number of halogens is 1. The molecule has 0 saturated heterocycles. The van der Waals surface area contributed by atoms with Gasteiger partial charge in [0.1, 0.15) is 19.0 Å². The minimum Gasteiger partial charge on any atom is -0.486 e. The van der Waals surface area contributed by atoms with Crippen LogP contribution in [0.1, 0.15) is 49.1 Å². The number of aryl methyl sites for hydroxylation is 1. The molecular weight excluding hydrogens is 494 g/mol. The van der Waals surface area contributed by atoms with Crippen LogP contribution in [0.2, 0.25) is 5.15 Å². The third-order valence-electron chi connectivity index (χ3n) is 7.01. The zero-order valence-corrected chi connectivity index (χ0v) is 23.1. The van der Waals surface area contributed by atoms with Crippen LogP contribution in [-0.4, -0.2) is 27.7 Å². The lowest BCUT2D eigenvalue weighted by molar-refractivity contribution is 0.170. The van der Waals surface area contributed by atoms with Gasteiger partial charge in [0.05, 0.1) is 5.69 Å². The minimum atomic E-state index is 0.577. The van der Waals surface area contributed by atoms with Crippen molar-refractivity contribution in [2.45, 2.75) is 59.3 Å². The van der Waals surface area contributed by atoms with Gasteiger partial charge in [0.2, 0.25) is 0 Å². The Hall–Kier alpha value is -3.28. The molecule has 5 rings (SSSR count). The molecule has 198 valence electrons. The first-order chi connectivity index (χ1) is 18.6. The molecule has 4 aromatic rings. The Kier molecular flexibility index (Phi) is 8.67. The Morgan fingerprint density at radius 1 is 0.816 bits per heavy atom. The summed E-state index contributed by atoms with van der Waals surface area (Å²) in [6.45, 7) is 8.71. The Bertz CT molecular complexity index is 1340. The highest BCUT2D eigenvalue weighted by molar-refractivity contribution is 6.30. The maximum Gasteiger partial charge on any atom is 0.161 e. The average molecular weight is 530 g/mol. The van der Waals surface area contributed by atoms with Crippen LogP contribution in [0.15, 0.2) is 72.8 Å². The number of ether oxygens (including phenoxy) is 2. The quantitative estimate of drug-likeness (QED) is 0.201. The SMILES string of the molecule is CCCCn1c(-c2ccccc2)nc(Cl)c1CN(Cc1ccc(CC)cc1)Cc1ccc2c(c1)OCCO2. The van der Waals surface area contributed by atoms with Crippen molar-refractivity contribution in [3.63, 3.8) is 0 Å². The van der Waals surface area contributed by atoms with Crippen LogP contribution in [0.4, 0.5) is 0 Å². The number of rotatable bonds is 11. The van der Waals surface area contributed by atoms with Gasteiger partial charge in [-0.3, -0.25) is 4.90 Å². The lowest BCUT2D eigenvalue weighted by Crippen LogP contribution is -2.24. The summed E-state index contributed by atoms with van der Waals surface area (Å²) in [4.78, 5) is 7.28. The lowest BCUT2D eigenvalue weighted by Gasteiger charge is -2.25. The summed E-state index contributed by atoms with van der Waals surface area (Å²) < 4.78 is 13.9. The summed E-state index contributed by atoms with van der Waals surface area (Å²) in [6, 6.07) is 25.5. The number of fused-ring (bicyclic) bond motifs is 1. The fraction of sp³-hybridized carbons (Fsp3) is 0.344. The van der Waals surface area contributed by atoms with Crippen LogP contribution in [0.3, 0.4) is 0 Å². The second-order valence-electron chi connectivity index (χ2n) is 9.84. The molecule has 6 heteroatoms. The van der Waals surface area contributed by atoms with Gasteiger partial charge < -0.3 is 14.0 Å². The highest BCUT2D eigenvalue weighted by atomic mass is 35.5. The highest BCUT2D eigenvalue weighted by Crippen LogP contribution is 2.32. The van der Waals surface area contributed by atoms with E-state index in [-0.39, 0.29) is 0 Å². The van der Waals surface area contributed by atoms with E-state index < -0.39 is 0 Å². The van der Waals surface area contributed by atoms with E-state index in [4.69, 9.17) is 26.1 Å². The third-order valence-corrected chi connectivity index (χ3v) is 7.32. The molecule has 0 saturated carbocycles. The van der Waals surface area contributed by atoms with Crippen molar-refractivity contribution < 1.29 is 9.47 Å². The number of aromatic nitrogens is 2. The number of hydrogen-bond donors (Lipinski definition) is 0. The Balaban J connectivity index is 1.47. The van der Waals surface area contributed by atoms with Crippen LogP contribution in [0.5, 0.6) is 11.5 Å². The molecule has 1 aliphatic rings. The topological polar surface area (TPSA) is 39.5 Å². The van der Waals surface area contributed by atoms with Gasteiger partial charge >= 0.3 is 0 Å². The molecule has 0 fully saturated rings. The first-order valence-electron chi connectivity index (χ1n) is 13.6. The van der Waals surface area contributed by atoms with E-state index >= 15 is 0 Å². The van der Waals surface area contributed by atoms with E-state index in [0.717, 1.165) is 67.5 Å². The Morgan fingerprint density at radius 2 is 1.50 bits per heavy atom. The van der Waals surface area contributed by atoms with E-state index in [9.17, 15) is 0 Å². The minimum absolute atomic E-state index is 0.577. The van der Waals surface area contributed by atoms with E-state index in [2.05, 4.69) is 84.0 Å². The highest BCUT2D eigenvalue weighted by Gasteiger charge is 2.21. The molecule has 1 aromatic heterocycles. The van der Waals surface area contributed by atoms with Gasteiger partial charge in [0.25, 0.3) is 0 Å². The van der Waals surface area contributed by atoms with Crippen LogP contribution < -0.4 is 9.47 Å². The van der Waals surface area contributed by atoms with Crippen molar-refractivity contribution in [3.8, 4) is 22.9 Å². The molecule has 0 amide bonds. The van der Waals surface area contributed by atoms with Crippen molar-refractivity contribution in [1.82, 2.24) is 14.5 Å². The number of benzene rings is 3. The van der Waals surface area contributed by atoms with Crippen LogP contribution in [-0.2, 0) is 32.6 Å². The summed E-state index contributed by atoms with van der Waals surface area (Å²) >= 11 is 6.87. The van der Waals surface area contributed by atoms with E-state index in [0.29, 0.717) is 24.9 Å². The van der Waals surface area contributed by atoms with E-state index in [1.165, 1.54) is 16.7 Å². The van der Waals surface area contributed by atoms with E-state index in [1.807, 2.05) is 12.1 Å². The molecule has 5 nitrogen and oxygen atoms in total. The first-order valence-corrected chi connectivity index (χ1v) is 14.0. The van der Waals surface area contributed by atoms with Crippen LogP contribution >= 0.6 is 11.6 Å². The van der Waals surface area contributed by atoms with Crippen molar-refractivity contribution >= 4 is 11.6 Å². The average Bonchev–Trinajstić information content (AvgIpc) is 3.27. The molecule has 0 atom stereocenters. The van der Waals surface area contributed by atoms with Gasteiger partial charge in [-0.25, -0.2) is 4.98 Å². The van der Waals surface area contributed by atoms with Gasteiger partial charge in [-0.2, -0.15) is 0 Å². The summed E-state index contributed by atoms with van der Waals surface area (Å²) in [5.41, 5.74) is 5.95. The molecule has 0 unspecified atom stereocenters. The largest absolute Gasteiger partial charge is 0.486 e. The smallest absolute Gasteiger partial charge is 0.161 e. The normalized spacial score (nSPS) is 12.7.